The average Bonchev–Trinajstić information content (AvgIpc) is 3.24. The van der Waals surface area contributed by atoms with Gasteiger partial charge in [-0.15, -0.1) is 0 Å². The summed E-state index contributed by atoms with van der Waals surface area (Å²) in [6, 6.07) is 9.37. The average molecular weight is 492 g/mol. The van der Waals surface area contributed by atoms with Gasteiger partial charge in [0.2, 0.25) is 0 Å². The molecule has 0 aromatic heterocycles. The third-order valence-electron chi connectivity index (χ3n) is 5.26. The van der Waals surface area contributed by atoms with Crippen LogP contribution in [-0.2, 0) is 15.4 Å². The molecule has 2 aliphatic heterocycles. The molecule has 0 saturated heterocycles. The van der Waals surface area contributed by atoms with Gasteiger partial charge in [0.25, 0.3) is 21.8 Å². The molecule has 2 aromatic carbocycles. The van der Waals surface area contributed by atoms with Crippen LogP contribution in [0.25, 0.3) is 0 Å². The molecule has 0 aliphatic carbocycles. The number of hydrogen-bond acceptors (Lipinski definition) is 6. The first-order chi connectivity index (χ1) is 14.9. The van der Waals surface area contributed by atoms with Crippen LogP contribution in [0.5, 0.6) is 0 Å². The fourth-order valence-corrected chi connectivity index (χ4v) is 5.77. The first kappa shape index (κ1) is 22.7. The molecule has 0 spiro atoms. The lowest BCUT2D eigenvalue weighted by molar-refractivity contribution is 0.0630. The third kappa shape index (κ3) is 3.89. The van der Waals surface area contributed by atoms with Gasteiger partial charge in [0.1, 0.15) is 0 Å². The molecule has 2 aliphatic rings. The number of carbonyl (C=O) groups excluding carboxylic acids is 2. The number of nitrogens with one attached hydrogen (secondary N) is 2. The molecule has 2 N–H and O–H groups in total. The van der Waals surface area contributed by atoms with Gasteiger partial charge >= 0.3 is 0 Å². The Morgan fingerprint density at radius 3 is 2.22 bits per heavy atom. The van der Waals surface area contributed by atoms with Gasteiger partial charge in [0.15, 0.2) is 5.50 Å². The van der Waals surface area contributed by atoms with Crippen LogP contribution in [-0.4, -0.2) is 30.6 Å². The minimum absolute atomic E-state index is 0.00750. The molecule has 0 fully saturated rings. The Hall–Kier alpha value is -2.49. The molecule has 0 radical (unpaired) electrons. The first-order valence-corrected chi connectivity index (χ1v) is 12.6. The van der Waals surface area contributed by atoms with Crippen molar-refractivity contribution in [3.05, 3.63) is 69.2 Å². The molecule has 32 heavy (non-hydrogen) atoms. The van der Waals surface area contributed by atoms with Crippen LogP contribution < -0.4 is 10.0 Å². The molecular formula is C22H22ClN3O4S2. The van der Waals surface area contributed by atoms with Gasteiger partial charge < -0.3 is 5.32 Å². The molecular weight excluding hydrogens is 470 g/mol. The van der Waals surface area contributed by atoms with Crippen LogP contribution in [0.4, 0.5) is 5.69 Å². The van der Waals surface area contributed by atoms with Crippen LogP contribution in [0.15, 0.2) is 52.4 Å². The van der Waals surface area contributed by atoms with E-state index < -0.39 is 27.3 Å². The summed E-state index contributed by atoms with van der Waals surface area (Å²) in [5, 5.41) is 3.07. The van der Waals surface area contributed by atoms with Crippen LogP contribution >= 0.6 is 23.4 Å². The molecule has 168 valence electrons. The van der Waals surface area contributed by atoms with E-state index in [0.29, 0.717) is 0 Å². The van der Waals surface area contributed by atoms with Gasteiger partial charge in [0.05, 0.1) is 26.7 Å². The molecule has 2 heterocycles. The van der Waals surface area contributed by atoms with Crippen molar-refractivity contribution in [1.29, 1.82) is 0 Å². The Labute approximate surface area is 196 Å². The van der Waals surface area contributed by atoms with Crippen LogP contribution in [0.2, 0.25) is 5.02 Å². The summed E-state index contributed by atoms with van der Waals surface area (Å²) in [4.78, 5) is 28.2. The number of thioether (sulfide) groups is 1. The van der Waals surface area contributed by atoms with Crippen molar-refractivity contribution in [2.75, 3.05) is 4.72 Å². The first-order valence-electron chi connectivity index (χ1n) is 9.83. The van der Waals surface area contributed by atoms with Gasteiger partial charge in [-0.2, -0.15) is 0 Å². The molecule has 7 nitrogen and oxygen atoms in total. The van der Waals surface area contributed by atoms with Gasteiger partial charge in [-0.1, -0.05) is 56.3 Å². The summed E-state index contributed by atoms with van der Waals surface area (Å²) in [6.45, 7) is 7.96. The fraction of sp³-hybridized carbons (Fsp3) is 0.273. The molecule has 0 bridgehead atoms. The van der Waals surface area contributed by atoms with Gasteiger partial charge in [0, 0.05) is 11.1 Å². The Kier molecular flexibility index (Phi) is 5.55. The second-order valence-electron chi connectivity index (χ2n) is 8.60. The Bertz CT molecular complexity index is 1270. The predicted octanol–water partition coefficient (Wildman–Crippen LogP) is 4.52. The number of halogens is 1. The summed E-state index contributed by atoms with van der Waals surface area (Å²) in [5.74, 6) is -1.18. The maximum Gasteiger partial charge on any atom is 0.266 e. The van der Waals surface area contributed by atoms with Gasteiger partial charge in [-0.25, -0.2) is 13.3 Å². The zero-order chi connectivity index (χ0) is 23.4. The number of anilines is 1. The standard InChI is InChI=1S/C22H22ClN3O4S2/c1-12-11-24-21(31-12)26-19(27)17-15(23)9-10-16(18(17)20(26)28)25-32(29,30)14-7-5-13(6-8-14)22(2,3)4/h5-11,21,24-25H,1-4H3. The summed E-state index contributed by atoms with van der Waals surface area (Å²) < 4.78 is 28.5. The number of nitrogens with zero attached hydrogens (tertiary/aromatic N) is 1. The van der Waals surface area contributed by atoms with E-state index >= 15 is 0 Å². The number of hydrogen-bond donors (Lipinski definition) is 2. The van der Waals surface area contributed by atoms with E-state index in [0.717, 1.165) is 15.4 Å². The Balaban J connectivity index is 1.69. The number of carbonyl (C=O) groups is 2. The summed E-state index contributed by atoms with van der Waals surface area (Å²) >= 11 is 7.55. The van der Waals surface area contributed by atoms with E-state index in [-0.39, 0.29) is 32.1 Å². The van der Waals surface area contributed by atoms with Crippen molar-refractivity contribution in [1.82, 2.24) is 10.2 Å². The van der Waals surface area contributed by atoms with E-state index in [1.807, 2.05) is 27.7 Å². The number of sulfonamides is 1. The highest BCUT2D eigenvalue weighted by molar-refractivity contribution is 8.03. The highest BCUT2D eigenvalue weighted by atomic mass is 35.5. The third-order valence-corrected chi connectivity index (χ3v) is 8.01. The fourth-order valence-electron chi connectivity index (χ4n) is 3.54. The van der Waals surface area contributed by atoms with E-state index in [9.17, 15) is 18.0 Å². The molecule has 2 aromatic rings. The monoisotopic (exact) mass is 491 g/mol. The largest absolute Gasteiger partial charge is 0.361 e. The quantitative estimate of drug-likeness (QED) is 0.611. The van der Waals surface area contributed by atoms with Crippen LogP contribution in [0, 0.1) is 0 Å². The minimum atomic E-state index is -4.00. The molecule has 2 amide bonds. The van der Waals surface area contributed by atoms with E-state index in [2.05, 4.69) is 10.0 Å². The van der Waals surface area contributed by atoms with Gasteiger partial charge in [-0.3, -0.25) is 14.3 Å². The van der Waals surface area contributed by atoms with Crippen molar-refractivity contribution in [2.24, 2.45) is 0 Å². The normalized spacial score (nSPS) is 18.5. The topological polar surface area (TPSA) is 95.6 Å². The van der Waals surface area contributed by atoms with Crippen LogP contribution in [0.3, 0.4) is 0 Å². The zero-order valence-electron chi connectivity index (χ0n) is 17.9. The van der Waals surface area contributed by atoms with Crippen molar-refractivity contribution < 1.29 is 18.0 Å². The number of rotatable bonds is 4. The molecule has 4 rings (SSSR count). The minimum Gasteiger partial charge on any atom is -0.361 e. The lowest BCUT2D eigenvalue weighted by atomic mass is 9.87. The summed E-state index contributed by atoms with van der Waals surface area (Å²) in [5.41, 5.74) is 0.204. The van der Waals surface area contributed by atoms with Crippen molar-refractivity contribution in [3.63, 3.8) is 0 Å². The molecule has 0 saturated carbocycles. The SMILES string of the molecule is CC1=CNC(N2C(=O)c3c(Cl)ccc(NS(=O)(=O)c4ccc(C(C)(C)C)cc4)c3C2=O)S1. The number of allylic oxidation sites excluding steroid dienone is 1. The molecule has 10 heteroatoms. The Morgan fingerprint density at radius 1 is 1.03 bits per heavy atom. The lowest BCUT2D eigenvalue weighted by Crippen LogP contribution is -2.43. The van der Waals surface area contributed by atoms with Crippen molar-refractivity contribution in [2.45, 2.75) is 43.5 Å². The van der Waals surface area contributed by atoms with E-state index in [1.165, 1.54) is 36.0 Å². The molecule has 1 unspecified atom stereocenters. The number of benzene rings is 2. The Morgan fingerprint density at radius 2 is 1.66 bits per heavy atom. The molecule has 1 atom stereocenters. The van der Waals surface area contributed by atoms with Crippen LogP contribution in [0.1, 0.15) is 54.0 Å². The number of imide groups is 1. The van der Waals surface area contributed by atoms with Crippen molar-refractivity contribution >= 4 is 50.9 Å². The highest BCUT2D eigenvalue weighted by Gasteiger charge is 2.44. The zero-order valence-corrected chi connectivity index (χ0v) is 20.3. The van der Waals surface area contributed by atoms with Gasteiger partial charge in [-0.05, 0) is 42.2 Å². The maximum absolute atomic E-state index is 13.2. The maximum atomic E-state index is 13.2. The lowest BCUT2D eigenvalue weighted by Gasteiger charge is -2.21. The summed E-state index contributed by atoms with van der Waals surface area (Å²) in [6.07, 6.45) is 1.71. The van der Waals surface area contributed by atoms with Crippen molar-refractivity contribution in [3.8, 4) is 0 Å². The second-order valence-corrected chi connectivity index (χ2v) is 12.0. The number of fused-ring (bicyclic) bond motifs is 1. The van der Waals surface area contributed by atoms with E-state index in [1.54, 1.807) is 18.3 Å². The van der Waals surface area contributed by atoms with E-state index in [4.69, 9.17) is 11.6 Å². The smallest absolute Gasteiger partial charge is 0.266 e. The highest BCUT2D eigenvalue weighted by Crippen LogP contribution is 2.39. The second kappa shape index (κ2) is 7.83. The number of amides is 2. The predicted molar refractivity (Wildman–Crippen MR) is 126 cm³/mol. The summed E-state index contributed by atoms with van der Waals surface area (Å²) in [7, 11) is -4.00.